The van der Waals surface area contributed by atoms with Gasteiger partial charge in [0.1, 0.15) is 4.88 Å². The van der Waals surface area contributed by atoms with Crippen LogP contribution >= 0.6 is 11.3 Å². The van der Waals surface area contributed by atoms with Gasteiger partial charge in [0.15, 0.2) is 0 Å². The summed E-state index contributed by atoms with van der Waals surface area (Å²) in [7, 11) is 0. The SMILES string of the molecule is Cc1nc(CC(C)C)sc1C(=O)NCCN1CCC(C)CC1. The minimum absolute atomic E-state index is 0.0374. The highest BCUT2D eigenvalue weighted by Crippen LogP contribution is 2.20. The van der Waals surface area contributed by atoms with Crippen LogP contribution in [-0.2, 0) is 6.42 Å². The molecule has 124 valence electrons. The highest BCUT2D eigenvalue weighted by molar-refractivity contribution is 7.13. The third-order valence-corrected chi connectivity index (χ3v) is 5.40. The number of nitrogens with one attached hydrogen (secondary N) is 1. The van der Waals surface area contributed by atoms with Crippen molar-refractivity contribution >= 4 is 17.2 Å². The molecule has 0 radical (unpaired) electrons. The van der Waals surface area contributed by atoms with Gasteiger partial charge in [0.25, 0.3) is 5.91 Å². The summed E-state index contributed by atoms with van der Waals surface area (Å²) >= 11 is 1.55. The first kappa shape index (κ1) is 17.4. The molecule has 1 N–H and O–H groups in total. The largest absolute Gasteiger partial charge is 0.350 e. The Labute approximate surface area is 138 Å². The van der Waals surface area contributed by atoms with Gasteiger partial charge in [-0.1, -0.05) is 20.8 Å². The first-order valence-electron chi connectivity index (χ1n) is 8.42. The molecule has 2 heterocycles. The maximum absolute atomic E-state index is 12.3. The number of hydrogen-bond acceptors (Lipinski definition) is 4. The van der Waals surface area contributed by atoms with E-state index in [9.17, 15) is 4.79 Å². The molecule has 0 unspecified atom stereocenters. The van der Waals surface area contributed by atoms with Crippen molar-refractivity contribution in [2.45, 2.75) is 47.0 Å². The Morgan fingerprint density at radius 2 is 2.09 bits per heavy atom. The summed E-state index contributed by atoms with van der Waals surface area (Å²) in [5.41, 5.74) is 0.866. The minimum Gasteiger partial charge on any atom is -0.350 e. The molecular formula is C17H29N3OS. The number of aromatic nitrogens is 1. The molecule has 0 aliphatic carbocycles. The van der Waals surface area contributed by atoms with Crippen LogP contribution < -0.4 is 5.32 Å². The van der Waals surface area contributed by atoms with E-state index in [0.29, 0.717) is 5.92 Å². The van der Waals surface area contributed by atoms with E-state index in [1.165, 1.54) is 12.8 Å². The van der Waals surface area contributed by atoms with Crippen LogP contribution in [0.3, 0.4) is 0 Å². The maximum atomic E-state index is 12.3. The van der Waals surface area contributed by atoms with E-state index >= 15 is 0 Å². The molecule has 1 aliphatic rings. The summed E-state index contributed by atoms with van der Waals surface area (Å²) in [5.74, 6) is 1.46. The third-order valence-electron chi connectivity index (χ3n) is 4.22. The zero-order valence-corrected chi connectivity index (χ0v) is 15.1. The van der Waals surface area contributed by atoms with E-state index in [1.54, 1.807) is 11.3 Å². The number of nitrogens with zero attached hydrogens (tertiary/aromatic N) is 2. The highest BCUT2D eigenvalue weighted by atomic mass is 32.1. The monoisotopic (exact) mass is 323 g/mol. The maximum Gasteiger partial charge on any atom is 0.263 e. The second-order valence-corrected chi connectivity index (χ2v) is 7.98. The number of carbonyl (C=O) groups excluding carboxylic acids is 1. The first-order chi connectivity index (χ1) is 10.5. The first-order valence-corrected chi connectivity index (χ1v) is 9.24. The summed E-state index contributed by atoms with van der Waals surface area (Å²) in [4.78, 5) is 20.1. The number of amides is 1. The number of piperidine rings is 1. The Morgan fingerprint density at radius 3 is 2.73 bits per heavy atom. The van der Waals surface area contributed by atoms with Crippen LogP contribution in [0, 0.1) is 18.8 Å². The lowest BCUT2D eigenvalue weighted by atomic mass is 9.99. The van der Waals surface area contributed by atoms with Crippen molar-refractivity contribution in [1.82, 2.24) is 15.2 Å². The fourth-order valence-electron chi connectivity index (χ4n) is 2.79. The fourth-order valence-corrected chi connectivity index (χ4v) is 3.99. The average Bonchev–Trinajstić information content (AvgIpc) is 2.81. The topological polar surface area (TPSA) is 45.2 Å². The molecule has 0 atom stereocenters. The van der Waals surface area contributed by atoms with Gasteiger partial charge in [-0.15, -0.1) is 11.3 Å². The van der Waals surface area contributed by atoms with Gasteiger partial charge in [0.05, 0.1) is 10.7 Å². The Balaban J connectivity index is 1.78. The molecule has 1 aromatic rings. The molecule has 1 saturated heterocycles. The van der Waals surface area contributed by atoms with Crippen LogP contribution in [-0.4, -0.2) is 42.0 Å². The summed E-state index contributed by atoms with van der Waals surface area (Å²) in [6.45, 7) is 12.6. The normalized spacial score (nSPS) is 17.1. The second-order valence-electron chi connectivity index (χ2n) is 6.90. The quantitative estimate of drug-likeness (QED) is 0.875. The van der Waals surface area contributed by atoms with Crippen LogP contribution in [0.15, 0.2) is 0 Å². The smallest absolute Gasteiger partial charge is 0.263 e. The number of hydrogen-bond donors (Lipinski definition) is 1. The molecule has 1 fully saturated rings. The van der Waals surface area contributed by atoms with Crippen LogP contribution in [0.25, 0.3) is 0 Å². The number of aryl methyl sites for hydroxylation is 1. The number of carbonyl (C=O) groups is 1. The standard InChI is InChI=1S/C17H29N3OS/c1-12(2)11-15-19-14(4)16(22-15)17(21)18-7-10-20-8-5-13(3)6-9-20/h12-13H,5-11H2,1-4H3,(H,18,21). The zero-order valence-electron chi connectivity index (χ0n) is 14.3. The predicted molar refractivity (Wildman–Crippen MR) is 92.6 cm³/mol. The summed E-state index contributed by atoms with van der Waals surface area (Å²) in [5, 5.41) is 4.13. The van der Waals surface area contributed by atoms with Gasteiger partial charge in [-0.2, -0.15) is 0 Å². The van der Waals surface area contributed by atoms with Crippen molar-refractivity contribution in [3.63, 3.8) is 0 Å². The molecule has 0 saturated carbocycles. The molecule has 22 heavy (non-hydrogen) atoms. The van der Waals surface area contributed by atoms with Gasteiger partial charge in [-0.05, 0) is 44.7 Å². The van der Waals surface area contributed by atoms with Crippen molar-refractivity contribution in [3.05, 3.63) is 15.6 Å². The Kier molecular flexibility index (Phi) is 6.38. The van der Waals surface area contributed by atoms with E-state index in [0.717, 1.165) is 54.1 Å². The van der Waals surface area contributed by atoms with Crippen LogP contribution in [0.4, 0.5) is 0 Å². The average molecular weight is 324 g/mol. The molecule has 0 aromatic carbocycles. The summed E-state index contributed by atoms with van der Waals surface area (Å²) in [6.07, 6.45) is 3.51. The van der Waals surface area contributed by atoms with Gasteiger partial charge in [-0.3, -0.25) is 4.79 Å². The molecule has 0 spiro atoms. The molecule has 0 bridgehead atoms. The molecule has 1 aliphatic heterocycles. The van der Waals surface area contributed by atoms with Crippen LogP contribution in [0.5, 0.6) is 0 Å². The lowest BCUT2D eigenvalue weighted by molar-refractivity contribution is 0.0947. The third kappa shape index (κ3) is 5.06. The Hall–Kier alpha value is -0.940. The van der Waals surface area contributed by atoms with Crippen LogP contribution in [0.1, 0.15) is 54.0 Å². The van der Waals surface area contributed by atoms with Gasteiger partial charge in [0, 0.05) is 19.5 Å². The van der Waals surface area contributed by atoms with Gasteiger partial charge < -0.3 is 10.2 Å². The van der Waals surface area contributed by atoms with E-state index < -0.39 is 0 Å². The van der Waals surface area contributed by atoms with Crippen LogP contribution in [0.2, 0.25) is 0 Å². The number of thiazole rings is 1. The molecule has 1 amide bonds. The molecule has 2 rings (SSSR count). The van der Waals surface area contributed by atoms with E-state index in [1.807, 2.05) is 6.92 Å². The zero-order chi connectivity index (χ0) is 16.1. The number of rotatable bonds is 6. The van der Waals surface area contributed by atoms with Gasteiger partial charge >= 0.3 is 0 Å². The minimum atomic E-state index is 0.0374. The Bertz CT molecular complexity index is 490. The summed E-state index contributed by atoms with van der Waals surface area (Å²) in [6, 6.07) is 0. The lowest BCUT2D eigenvalue weighted by Gasteiger charge is -2.30. The van der Waals surface area contributed by atoms with Crippen molar-refractivity contribution in [3.8, 4) is 0 Å². The second kappa shape index (κ2) is 8.06. The molecule has 4 nitrogen and oxygen atoms in total. The Morgan fingerprint density at radius 1 is 1.41 bits per heavy atom. The van der Waals surface area contributed by atoms with Gasteiger partial charge in [-0.25, -0.2) is 4.98 Å². The van der Waals surface area contributed by atoms with Gasteiger partial charge in [0.2, 0.25) is 0 Å². The van der Waals surface area contributed by atoms with Crippen molar-refractivity contribution in [2.24, 2.45) is 11.8 Å². The molecular weight excluding hydrogens is 294 g/mol. The van der Waals surface area contributed by atoms with E-state index in [2.05, 4.69) is 36.0 Å². The van der Waals surface area contributed by atoms with E-state index in [-0.39, 0.29) is 5.91 Å². The summed E-state index contributed by atoms with van der Waals surface area (Å²) < 4.78 is 0. The van der Waals surface area contributed by atoms with Crippen molar-refractivity contribution in [2.75, 3.05) is 26.2 Å². The fraction of sp³-hybridized carbons (Fsp3) is 0.765. The van der Waals surface area contributed by atoms with Crippen molar-refractivity contribution < 1.29 is 4.79 Å². The van der Waals surface area contributed by atoms with E-state index in [4.69, 9.17) is 0 Å². The number of likely N-dealkylation sites (tertiary alicyclic amines) is 1. The molecule has 5 heteroatoms. The lowest BCUT2D eigenvalue weighted by Crippen LogP contribution is -2.39. The highest BCUT2D eigenvalue weighted by Gasteiger charge is 2.17. The van der Waals surface area contributed by atoms with Crippen molar-refractivity contribution in [1.29, 1.82) is 0 Å². The molecule has 1 aromatic heterocycles. The predicted octanol–water partition coefficient (Wildman–Crippen LogP) is 3.11.